The lowest BCUT2D eigenvalue weighted by molar-refractivity contribution is 0.0172. The van der Waals surface area contributed by atoms with Gasteiger partial charge in [-0.1, -0.05) is 12.1 Å². The lowest BCUT2D eigenvalue weighted by Gasteiger charge is -2.35. The van der Waals surface area contributed by atoms with Gasteiger partial charge in [0.1, 0.15) is 5.75 Å². The van der Waals surface area contributed by atoms with Gasteiger partial charge < -0.3 is 18.9 Å². The van der Waals surface area contributed by atoms with Gasteiger partial charge in [0.2, 0.25) is 10.0 Å². The van der Waals surface area contributed by atoms with Crippen LogP contribution in [0.2, 0.25) is 0 Å². The molecule has 1 atom stereocenters. The van der Waals surface area contributed by atoms with Crippen molar-refractivity contribution < 1.29 is 27.4 Å². The van der Waals surface area contributed by atoms with Crippen LogP contribution in [0.5, 0.6) is 17.2 Å². The highest BCUT2D eigenvalue weighted by molar-refractivity contribution is 7.89. The molecule has 0 bridgehead atoms. The standard InChI is InChI=1S/C21H28N2O6S/c1-26-17-6-4-16(5-7-17)19(23-10-12-29-13-11-23)15-22-30(24,25)18-8-9-20(27-2)21(14-18)28-3/h4-9,14,19,22H,10-13,15H2,1-3H3. The summed E-state index contributed by atoms with van der Waals surface area (Å²) < 4.78 is 49.8. The summed E-state index contributed by atoms with van der Waals surface area (Å²) in [4.78, 5) is 2.35. The van der Waals surface area contributed by atoms with Crippen molar-refractivity contribution in [1.82, 2.24) is 9.62 Å². The van der Waals surface area contributed by atoms with E-state index in [4.69, 9.17) is 18.9 Å². The van der Waals surface area contributed by atoms with Gasteiger partial charge in [-0.2, -0.15) is 0 Å². The van der Waals surface area contributed by atoms with Crippen LogP contribution in [0, 0.1) is 0 Å². The van der Waals surface area contributed by atoms with E-state index in [1.54, 1.807) is 13.2 Å². The number of sulfonamides is 1. The van der Waals surface area contributed by atoms with Gasteiger partial charge >= 0.3 is 0 Å². The van der Waals surface area contributed by atoms with Gasteiger partial charge in [0, 0.05) is 31.7 Å². The van der Waals surface area contributed by atoms with Crippen LogP contribution in [0.25, 0.3) is 0 Å². The van der Waals surface area contributed by atoms with Crippen LogP contribution in [-0.4, -0.2) is 67.5 Å². The van der Waals surface area contributed by atoms with E-state index in [-0.39, 0.29) is 17.5 Å². The minimum absolute atomic E-state index is 0.121. The minimum atomic E-state index is -3.74. The maximum atomic E-state index is 12.9. The zero-order valence-electron chi connectivity index (χ0n) is 17.5. The van der Waals surface area contributed by atoms with E-state index in [1.165, 1.54) is 26.4 Å². The Bertz CT molecular complexity index is 927. The highest BCUT2D eigenvalue weighted by atomic mass is 32.2. The molecular weight excluding hydrogens is 408 g/mol. The van der Waals surface area contributed by atoms with E-state index >= 15 is 0 Å². The van der Waals surface area contributed by atoms with E-state index in [0.29, 0.717) is 24.7 Å². The number of nitrogens with zero attached hydrogens (tertiary/aromatic N) is 1. The predicted octanol–water partition coefficient (Wildman–Crippen LogP) is 2.06. The molecule has 3 rings (SSSR count). The van der Waals surface area contributed by atoms with Crippen LogP contribution >= 0.6 is 0 Å². The number of methoxy groups -OCH3 is 3. The summed E-state index contributed by atoms with van der Waals surface area (Å²) in [6, 6.07) is 12.1. The lowest BCUT2D eigenvalue weighted by Crippen LogP contribution is -2.43. The van der Waals surface area contributed by atoms with E-state index < -0.39 is 10.0 Å². The van der Waals surface area contributed by atoms with Gasteiger partial charge in [-0.15, -0.1) is 0 Å². The molecule has 30 heavy (non-hydrogen) atoms. The molecule has 0 amide bonds. The van der Waals surface area contributed by atoms with Crippen molar-refractivity contribution in [2.45, 2.75) is 10.9 Å². The minimum Gasteiger partial charge on any atom is -0.497 e. The van der Waals surface area contributed by atoms with Crippen molar-refractivity contribution in [3.63, 3.8) is 0 Å². The third-order valence-electron chi connectivity index (χ3n) is 5.12. The molecule has 0 radical (unpaired) electrons. The van der Waals surface area contributed by atoms with Gasteiger partial charge in [-0.3, -0.25) is 4.90 Å². The Morgan fingerprint density at radius 2 is 1.63 bits per heavy atom. The van der Waals surface area contributed by atoms with Crippen LogP contribution in [-0.2, 0) is 14.8 Å². The van der Waals surface area contributed by atoms with Crippen molar-refractivity contribution in [2.24, 2.45) is 0 Å². The van der Waals surface area contributed by atoms with Gasteiger partial charge in [-0.05, 0) is 29.8 Å². The van der Waals surface area contributed by atoms with Crippen molar-refractivity contribution in [1.29, 1.82) is 0 Å². The Balaban J connectivity index is 1.81. The maximum Gasteiger partial charge on any atom is 0.240 e. The predicted molar refractivity (Wildman–Crippen MR) is 113 cm³/mol. The molecule has 164 valence electrons. The number of rotatable bonds is 9. The number of hydrogen-bond donors (Lipinski definition) is 1. The average molecular weight is 437 g/mol. The zero-order valence-corrected chi connectivity index (χ0v) is 18.3. The first-order chi connectivity index (χ1) is 14.5. The highest BCUT2D eigenvalue weighted by Gasteiger charge is 2.25. The summed E-state index contributed by atoms with van der Waals surface area (Å²) in [5.41, 5.74) is 1.01. The van der Waals surface area contributed by atoms with Crippen LogP contribution in [0.15, 0.2) is 47.4 Å². The number of morpholine rings is 1. The Hall–Kier alpha value is -2.33. The second-order valence-electron chi connectivity index (χ2n) is 6.81. The first kappa shape index (κ1) is 22.4. The van der Waals surface area contributed by atoms with Crippen molar-refractivity contribution in [3.05, 3.63) is 48.0 Å². The number of nitrogens with one attached hydrogen (secondary N) is 1. The fraction of sp³-hybridized carbons (Fsp3) is 0.429. The number of benzene rings is 2. The molecule has 1 fully saturated rings. The zero-order chi connectivity index (χ0) is 21.6. The van der Waals surface area contributed by atoms with Crippen molar-refractivity contribution in [2.75, 3.05) is 54.2 Å². The monoisotopic (exact) mass is 436 g/mol. The number of ether oxygens (including phenoxy) is 4. The molecule has 0 aromatic heterocycles. The summed E-state index contributed by atoms with van der Waals surface area (Å²) in [6.45, 7) is 2.93. The molecule has 2 aromatic carbocycles. The first-order valence-corrected chi connectivity index (χ1v) is 11.1. The smallest absolute Gasteiger partial charge is 0.240 e. The van der Waals surface area contributed by atoms with Crippen molar-refractivity contribution in [3.8, 4) is 17.2 Å². The van der Waals surface area contributed by atoms with Crippen LogP contribution in [0.3, 0.4) is 0 Å². The Kier molecular flexibility index (Phi) is 7.54. The first-order valence-electron chi connectivity index (χ1n) is 9.66. The largest absolute Gasteiger partial charge is 0.497 e. The fourth-order valence-corrected chi connectivity index (χ4v) is 4.48. The van der Waals surface area contributed by atoms with E-state index in [2.05, 4.69) is 9.62 Å². The summed E-state index contributed by atoms with van der Waals surface area (Å²) in [5.74, 6) is 1.59. The van der Waals surface area contributed by atoms with Gasteiger partial charge in [-0.25, -0.2) is 13.1 Å². The summed E-state index contributed by atoms with van der Waals surface area (Å²) in [6.07, 6.45) is 0. The lowest BCUT2D eigenvalue weighted by atomic mass is 10.0. The summed E-state index contributed by atoms with van der Waals surface area (Å²) in [7, 11) is 0.854. The molecule has 1 saturated heterocycles. The average Bonchev–Trinajstić information content (AvgIpc) is 2.79. The molecule has 8 nitrogen and oxygen atoms in total. The Labute approximate surface area is 177 Å². The molecule has 9 heteroatoms. The third-order valence-corrected chi connectivity index (χ3v) is 6.54. The normalized spacial score (nSPS) is 16.1. The molecule has 0 aliphatic carbocycles. The Morgan fingerprint density at radius 3 is 2.23 bits per heavy atom. The van der Waals surface area contributed by atoms with E-state index in [1.807, 2.05) is 24.3 Å². The highest BCUT2D eigenvalue weighted by Crippen LogP contribution is 2.30. The quantitative estimate of drug-likeness (QED) is 0.644. The molecule has 2 aromatic rings. The second-order valence-corrected chi connectivity index (χ2v) is 8.57. The molecule has 1 heterocycles. The molecule has 1 N–H and O–H groups in total. The summed E-state index contributed by atoms with van der Waals surface area (Å²) >= 11 is 0. The SMILES string of the molecule is COc1ccc(C(CNS(=O)(=O)c2ccc(OC)c(OC)c2)N2CCOCC2)cc1. The second kappa shape index (κ2) is 10.1. The van der Waals surface area contributed by atoms with Crippen LogP contribution in [0.4, 0.5) is 0 Å². The topological polar surface area (TPSA) is 86.3 Å². The summed E-state index contributed by atoms with van der Waals surface area (Å²) in [5, 5.41) is 0. The van der Waals surface area contributed by atoms with Gasteiger partial charge in [0.15, 0.2) is 11.5 Å². The van der Waals surface area contributed by atoms with Gasteiger partial charge in [0.25, 0.3) is 0 Å². The Morgan fingerprint density at radius 1 is 0.967 bits per heavy atom. The van der Waals surface area contributed by atoms with Crippen LogP contribution < -0.4 is 18.9 Å². The van der Waals surface area contributed by atoms with E-state index in [0.717, 1.165) is 24.4 Å². The fourth-order valence-electron chi connectivity index (χ4n) is 3.43. The maximum absolute atomic E-state index is 12.9. The number of hydrogen-bond acceptors (Lipinski definition) is 7. The van der Waals surface area contributed by atoms with Gasteiger partial charge in [0.05, 0.1) is 39.4 Å². The molecule has 1 aliphatic heterocycles. The van der Waals surface area contributed by atoms with Crippen LogP contribution in [0.1, 0.15) is 11.6 Å². The molecule has 1 aliphatic rings. The molecule has 0 spiro atoms. The molecule has 1 unspecified atom stereocenters. The van der Waals surface area contributed by atoms with E-state index in [9.17, 15) is 8.42 Å². The third kappa shape index (κ3) is 5.23. The molecule has 0 saturated carbocycles. The molecular formula is C21H28N2O6S. The van der Waals surface area contributed by atoms with Crippen molar-refractivity contribution >= 4 is 10.0 Å².